The van der Waals surface area contributed by atoms with Crippen molar-refractivity contribution >= 4 is 29.9 Å². The number of hydrogen-bond donors (Lipinski definition) is 2. The van der Waals surface area contributed by atoms with E-state index in [2.05, 4.69) is 74.6 Å². The highest BCUT2D eigenvalue weighted by molar-refractivity contribution is 14.0. The number of nitrogens with one attached hydrogen (secondary N) is 2. The van der Waals surface area contributed by atoms with Gasteiger partial charge in [-0.15, -0.1) is 24.0 Å². The molecule has 1 heterocycles. The Hall–Kier alpha value is -2.55. The number of rotatable bonds is 9. The van der Waals surface area contributed by atoms with E-state index in [1.807, 2.05) is 32.3 Å². The van der Waals surface area contributed by atoms with Crippen molar-refractivity contribution in [1.82, 2.24) is 20.2 Å². The molecule has 0 unspecified atom stereocenters. The lowest BCUT2D eigenvalue weighted by Gasteiger charge is -2.17. The Morgan fingerprint density at radius 3 is 2.56 bits per heavy atom. The molecule has 3 rings (SSSR count). The third-order valence-electron chi connectivity index (χ3n) is 4.96. The summed E-state index contributed by atoms with van der Waals surface area (Å²) in [6, 6.07) is 16.8. The van der Waals surface area contributed by atoms with Crippen LogP contribution in [0.15, 0.2) is 65.9 Å². The molecular weight excluding hydrogens is 513 g/mol. The molecule has 2 aromatic carbocycles. The van der Waals surface area contributed by atoms with E-state index in [-0.39, 0.29) is 30.1 Å². The molecule has 3 aromatic rings. The van der Waals surface area contributed by atoms with Crippen LogP contribution in [-0.2, 0) is 26.1 Å². The van der Waals surface area contributed by atoms with Crippen LogP contribution in [0.3, 0.4) is 0 Å². The number of aromatic nitrogens is 2. The first-order chi connectivity index (χ1) is 15.0. The highest BCUT2D eigenvalue weighted by Crippen LogP contribution is 2.21. The van der Waals surface area contributed by atoms with Crippen LogP contribution in [0.25, 0.3) is 0 Å². The second-order valence-electron chi connectivity index (χ2n) is 7.83. The van der Waals surface area contributed by atoms with Crippen LogP contribution in [0, 0.1) is 6.92 Å². The molecule has 0 aliphatic heterocycles. The van der Waals surface area contributed by atoms with Gasteiger partial charge < -0.3 is 19.9 Å². The normalized spacial score (nSPS) is 11.2. The monoisotopic (exact) mass is 547 g/mol. The van der Waals surface area contributed by atoms with Crippen LogP contribution < -0.4 is 15.4 Å². The molecule has 0 amide bonds. The van der Waals surface area contributed by atoms with Gasteiger partial charge in [0.1, 0.15) is 11.6 Å². The van der Waals surface area contributed by atoms with Crippen LogP contribution in [0.1, 0.15) is 36.4 Å². The van der Waals surface area contributed by atoms with Gasteiger partial charge in [-0.05, 0) is 44.4 Å². The topological polar surface area (TPSA) is 63.5 Å². The highest BCUT2D eigenvalue weighted by Gasteiger charge is 2.09. The maximum atomic E-state index is 5.98. The largest absolute Gasteiger partial charge is 0.491 e. The molecule has 2 N–H and O–H groups in total. The minimum absolute atomic E-state index is 0. The molecule has 32 heavy (non-hydrogen) atoms. The van der Waals surface area contributed by atoms with Crippen molar-refractivity contribution in [1.29, 1.82) is 0 Å². The Labute approximate surface area is 208 Å². The van der Waals surface area contributed by atoms with E-state index in [4.69, 9.17) is 4.74 Å². The number of hydrogen-bond acceptors (Lipinski definition) is 3. The van der Waals surface area contributed by atoms with E-state index >= 15 is 0 Å². The number of ether oxygens (including phenoxy) is 1. The standard InChI is InChI=1S/C25H33N5O.HI/c1-19(2)31-23-16-20(3)10-11-22(23)17-28-25(26-4)29-18-24-27-13-15-30(24)14-12-21-8-6-5-7-9-21;/h5-11,13,15-16,19H,12,14,17-18H2,1-4H3,(H2,26,28,29);1H. The number of benzene rings is 2. The van der Waals surface area contributed by atoms with Crippen molar-refractivity contribution in [3.05, 3.63) is 83.4 Å². The number of nitrogens with zero attached hydrogens (tertiary/aromatic N) is 3. The molecule has 0 saturated carbocycles. The summed E-state index contributed by atoms with van der Waals surface area (Å²) >= 11 is 0. The van der Waals surface area contributed by atoms with Crippen molar-refractivity contribution in [3.63, 3.8) is 0 Å². The summed E-state index contributed by atoms with van der Waals surface area (Å²) < 4.78 is 8.16. The lowest BCUT2D eigenvalue weighted by Crippen LogP contribution is -2.37. The van der Waals surface area contributed by atoms with Gasteiger partial charge in [-0.2, -0.15) is 0 Å². The minimum Gasteiger partial charge on any atom is -0.491 e. The van der Waals surface area contributed by atoms with Gasteiger partial charge >= 0.3 is 0 Å². The summed E-state index contributed by atoms with van der Waals surface area (Å²) in [6.45, 7) is 8.28. The molecule has 0 bridgehead atoms. The van der Waals surface area contributed by atoms with Crippen LogP contribution >= 0.6 is 24.0 Å². The van der Waals surface area contributed by atoms with Gasteiger partial charge in [0.15, 0.2) is 5.96 Å². The molecule has 0 fully saturated rings. The van der Waals surface area contributed by atoms with E-state index in [9.17, 15) is 0 Å². The van der Waals surface area contributed by atoms with E-state index < -0.39 is 0 Å². The zero-order valence-corrected chi connectivity index (χ0v) is 21.7. The summed E-state index contributed by atoms with van der Waals surface area (Å²) in [5.74, 6) is 2.63. The summed E-state index contributed by atoms with van der Waals surface area (Å²) in [6.07, 6.45) is 4.98. The Bertz CT molecular complexity index is 985. The maximum absolute atomic E-state index is 5.98. The summed E-state index contributed by atoms with van der Waals surface area (Å²) in [4.78, 5) is 8.86. The van der Waals surface area contributed by atoms with Crippen LogP contribution in [0.2, 0.25) is 0 Å². The first kappa shape index (κ1) is 25.7. The predicted molar refractivity (Wildman–Crippen MR) is 142 cm³/mol. The lowest BCUT2D eigenvalue weighted by molar-refractivity contribution is 0.239. The third kappa shape index (κ3) is 7.85. The molecule has 0 aliphatic carbocycles. The first-order valence-corrected chi connectivity index (χ1v) is 10.8. The molecule has 7 heteroatoms. The van der Waals surface area contributed by atoms with Crippen LogP contribution in [0.5, 0.6) is 5.75 Å². The minimum atomic E-state index is 0. The van der Waals surface area contributed by atoms with E-state index in [1.54, 1.807) is 7.05 Å². The van der Waals surface area contributed by atoms with E-state index in [0.29, 0.717) is 13.1 Å². The average molecular weight is 547 g/mol. The zero-order valence-electron chi connectivity index (χ0n) is 19.3. The second-order valence-corrected chi connectivity index (χ2v) is 7.83. The SMILES string of the molecule is CN=C(NCc1ccc(C)cc1OC(C)C)NCc1nccn1CCc1ccccc1.I. The smallest absolute Gasteiger partial charge is 0.191 e. The fourth-order valence-electron chi connectivity index (χ4n) is 3.34. The zero-order chi connectivity index (χ0) is 22.1. The Morgan fingerprint density at radius 2 is 1.84 bits per heavy atom. The highest BCUT2D eigenvalue weighted by atomic mass is 127. The van der Waals surface area contributed by atoms with Crippen molar-refractivity contribution < 1.29 is 4.74 Å². The fourth-order valence-corrected chi connectivity index (χ4v) is 3.34. The van der Waals surface area contributed by atoms with Gasteiger partial charge in [0.05, 0.1) is 12.6 Å². The average Bonchev–Trinajstić information content (AvgIpc) is 3.21. The number of imidazole rings is 1. The van der Waals surface area contributed by atoms with Crippen molar-refractivity contribution in [2.24, 2.45) is 4.99 Å². The van der Waals surface area contributed by atoms with Gasteiger partial charge in [0.25, 0.3) is 0 Å². The predicted octanol–water partition coefficient (Wildman–Crippen LogP) is 4.70. The molecule has 0 spiro atoms. The molecule has 6 nitrogen and oxygen atoms in total. The van der Waals surface area contributed by atoms with Crippen molar-refractivity contribution in [2.45, 2.75) is 52.9 Å². The molecule has 0 aliphatic rings. The third-order valence-corrected chi connectivity index (χ3v) is 4.96. The van der Waals surface area contributed by atoms with Crippen LogP contribution in [-0.4, -0.2) is 28.7 Å². The fraction of sp³-hybridized carbons (Fsp3) is 0.360. The van der Waals surface area contributed by atoms with Crippen LogP contribution in [0.4, 0.5) is 0 Å². The Balaban J connectivity index is 0.00000363. The number of halogens is 1. The van der Waals surface area contributed by atoms with Gasteiger partial charge in [-0.3, -0.25) is 4.99 Å². The Kier molecular flexibility index (Phi) is 10.5. The van der Waals surface area contributed by atoms with E-state index in [0.717, 1.165) is 36.1 Å². The first-order valence-electron chi connectivity index (χ1n) is 10.8. The van der Waals surface area contributed by atoms with Gasteiger partial charge in [0.2, 0.25) is 0 Å². The number of aryl methyl sites for hydroxylation is 3. The maximum Gasteiger partial charge on any atom is 0.191 e. The Morgan fingerprint density at radius 1 is 1.09 bits per heavy atom. The van der Waals surface area contributed by atoms with E-state index in [1.165, 1.54) is 11.1 Å². The molecule has 172 valence electrons. The van der Waals surface area contributed by atoms with Gasteiger partial charge in [-0.25, -0.2) is 4.98 Å². The molecule has 1 aromatic heterocycles. The van der Waals surface area contributed by atoms with Crippen molar-refractivity contribution in [3.8, 4) is 5.75 Å². The molecular formula is C25H34IN5O. The molecule has 0 radical (unpaired) electrons. The quantitative estimate of drug-likeness (QED) is 0.232. The summed E-state index contributed by atoms with van der Waals surface area (Å²) in [5, 5.41) is 6.75. The second kappa shape index (κ2) is 13.1. The summed E-state index contributed by atoms with van der Waals surface area (Å²) in [7, 11) is 1.78. The summed E-state index contributed by atoms with van der Waals surface area (Å²) in [5.41, 5.74) is 3.61. The number of aliphatic imine (C=N–C) groups is 1. The number of guanidine groups is 1. The molecule has 0 atom stereocenters. The van der Waals surface area contributed by atoms with Gasteiger partial charge in [0, 0.05) is 38.1 Å². The molecule has 0 saturated heterocycles. The van der Waals surface area contributed by atoms with Crippen molar-refractivity contribution in [2.75, 3.05) is 7.05 Å². The van der Waals surface area contributed by atoms with Gasteiger partial charge in [-0.1, -0.05) is 42.5 Å². The lowest BCUT2D eigenvalue weighted by atomic mass is 10.1.